The van der Waals surface area contributed by atoms with Gasteiger partial charge in [0.05, 0.1) is 6.54 Å². The van der Waals surface area contributed by atoms with Gasteiger partial charge in [-0.1, -0.05) is 0 Å². The molecule has 2 N–H and O–H groups in total. The number of hydrogen-bond acceptors (Lipinski definition) is 2. The first-order valence-electron chi connectivity index (χ1n) is 5.59. The summed E-state index contributed by atoms with van der Waals surface area (Å²) >= 11 is 0. The van der Waals surface area contributed by atoms with Crippen LogP contribution in [0.5, 0.6) is 0 Å². The molecule has 96 valence electrons. The molecule has 0 bridgehead atoms. The predicted octanol–water partition coefficient (Wildman–Crippen LogP) is 0.973. The monoisotopic (exact) mass is 254 g/mol. The smallest absolute Gasteiger partial charge is 0.251 e. The minimum absolute atomic E-state index is 0.0203. The van der Waals surface area contributed by atoms with Crippen LogP contribution in [0.3, 0.4) is 0 Å². The molecule has 1 fully saturated rings. The molecular formula is C12H12F2N2O2. The third-order valence-electron chi connectivity index (χ3n) is 2.53. The van der Waals surface area contributed by atoms with E-state index in [0.29, 0.717) is 0 Å². The highest BCUT2D eigenvalue weighted by molar-refractivity contribution is 5.96. The second-order valence-corrected chi connectivity index (χ2v) is 4.15. The van der Waals surface area contributed by atoms with Gasteiger partial charge in [0.2, 0.25) is 5.91 Å². The number of amides is 2. The number of rotatable bonds is 4. The molecule has 0 atom stereocenters. The number of halogens is 2. The normalized spacial score (nSPS) is 14.1. The molecular weight excluding hydrogens is 242 g/mol. The molecule has 4 nitrogen and oxygen atoms in total. The van der Waals surface area contributed by atoms with Gasteiger partial charge in [-0.15, -0.1) is 0 Å². The van der Waals surface area contributed by atoms with E-state index in [-0.39, 0.29) is 24.1 Å². The molecule has 18 heavy (non-hydrogen) atoms. The lowest BCUT2D eigenvalue weighted by Gasteiger charge is -2.06. The molecule has 0 saturated heterocycles. The fourth-order valence-corrected chi connectivity index (χ4v) is 1.41. The molecule has 1 aliphatic rings. The summed E-state index contributed by atoms with van der Waals surface area (Å²) in [5, 5.41) is 5.03. The SMILES string of the molecule is O=C(CNC(=O)c1ccc(F)c(F)c1)NC1CC1. The zero-order valence-corrected chi connectivity index (χ0v) is 9.50. The molecule has 0 aromatic heterocycles. The van der Waals surface area contributed by atoms with Crippen molar-refractivity contribution in [2.75, 3.05) is 6.54 Å². The van der Waals surface area contributed by atoms with Crippen molar-refractivity contribution < 1.29 is 18.4 Å². The summed E-state index contributed by atoms with van der Waals surface area (Å²) in [7, 11) is 0. The van der Waals surface area contributed by atoms with E-state index in [1.807, 2.05) is 0 Å². The number of nitrogens with one attached hydrogen (secondary N) is 2. The van der Waals surface area contributed by atoms with Crippen LogP contribution in [-0.4, -0.2) is 24.4 Å². The van der Waals surface area contributed by atoms with Gasteiger partial charge in [0.15, 0.2) is 11.6 Å². The summed E-state index contributed by atoms with van der Waals surface area (Å²) in [6.45, 7) is -0.172. The first kappa shape index (κ1) is 12.5. The lowest BCUT2D eigenvalue weighted by atomic mass is 10.2. The summed E-state index contributed by atoms with van der Waals surface area (Å²) in [6.07, 6.45) is 1.92. The van der Waals surface area contributed by atoms with Gasteiger partial charge in [-0.25, -0.2) is 8.78 Å². The summed E-state index contributed by atoms with van der Waals surface area (Å²) in [5.41, 5.74) is -0.0203. The maximum Gasteiger partial charge on any atom is 0.251 e. The Hall–Kier alpha value is -1.98. The highest BCUT2D eigenvalue weighted by Crippen LogP contribution is 2.18. The van der Waals surface area contributed by atoms with Gasteiger partial charge in [-0.05, 0) is 31.0 Å². The zero-order chi connectivity index (χ0) is 13.1. The Labute approximate surface area is 102 Å². The Morgan fingerprint density at radius 3 is 2.56 bits per heavy atom. The molecule has 0 aliphatic heterocycles. The number of carbonyl (C=O) groups excluding carboxylic acids is 2. The van der Waals surface area contributed by atoms with Crippen molar-refractivity contribution in [1.29, 1.82) is 0 Å². The van der Waals surface area contributed by atoms with E-state index in [2.05, 4.69) is 10.6 Å². The van der Waals surface area contributed by atoms with Gasteiger partial charge in [-0.3, -0.25) is 9.59 Å². The largest absolute Gasteiger partial charge is 0.352 e. The van der Waals surface area contributed by atoms with Crippen LogP contribution in [0.25, 0.3) is 0 Å². The van der Waals surface area contributed by atoms with E-state index in [1.165, 1.54) is 0 Å². The van der Waals surface area contributed by atoms with Crippen LogP contribution >= 0.6 is 0 Å². The fraction of sp³-hybridized carbons (Fsp3) is 0.333. The van der Waals surface area contributed by atoms with E-state index in [0.717, 1.165) is 31.0 Å². The minimum atomic E-state index is -1.09. The molecule has 1 aromatic carbocycles. The van der Waals surface area contributed by atoms with Crippen LogP contribution in [0.4, 0.5) is 8.78 Å². The van der Waals surface area contributed by atoms with E-state index < -0.39 is 17.5 Å². The van der Waals surface area contributed by atoms with Crippen molar-refractivity contribution in [3.63, 3.8) is 0 Å². The fourth-order valence-electron chi connectivity index (χ4n) is 1.41. The Balaban J connectivity index is 1.86. The van der Waals surface area contributed by atoms with Crippen molar-refractivity contribution in [3.8, 4) is 0 Å². The summed E-state index contributed by atoms with van der Waals surface area (Å²) in [4.78, 5) is 22.8. The summed E-state index contributed by atoms with van der Waals surface area (Å²) in [5.74, 6) is -3.00. The minimum Gasteiger partial charge on any atom is -0.352 e. The van der Waals surface area contributed by atoms with Crippen molar-refractivity contribution in [3.05, 3.63) is 35.4 Å². The molecule has 1 saturated carbocycles. The second-order valence-electron chi connectivity index (χ2n) is 4.15. The molecule has 2 amide bonds. The number of hydrogen-bond donors (Lipinski definition) is 2. The molecule has 0 radical (unpaired) electrons. The van der Waals surface area contributed by atoms with E-state index in [4.69, 9.17) is 0 Å². The third-order valence-corrected chi connectivity index (χ3v) is 2.53. The van der Waals surface area contributed by atoms with Gasteiger partial charge < -0.3 is 10.6 Å². The molecule has 1 aromatic rings. The zero-order valence-electron chi connectivity index (χ0n) is 9.50. The Morgan fingerprint density at radius 2 is 1.94 bits per heavy atom. The third kappa shape index (κ3) is 3.26. The molecule has 1 aliphatic carbocycles. The van der Waals surface area contributed by atoms with E-state index in [1.54, 1.807) is 0 Å². The van der Waals surface area contributed by atoms with Gasteiger partial charge in [-0.2, -0.15) is 0 Å². The summed E-state index contributed by atoms with van der Waals surface area (Å²) in [6, 6.07) is 3.04. The lowest BCUT2D eigenvalue weighted by Crippen LogP contribution is -2.37. The quantitative estimate of drug-likeness (QED) is 0.841. The average Bonchev–Trinajstić information content (AvgIpc) is 3.13. The van der Waals surface area contributed by atoms with E-state index in [9.17, 15) is 18.4 Å². The van der Waals surface area contributed by atoms with Crippen LogP contribution in [0, 0.1) is 11.6 Å². The van der Waals surface area contributed by atoms with Crippen LogP contribution in [0.1, 0.15) is 23.2 Å². The van der Waals surface area contributed by atoms with Gasteiger partial charge in [0.1, 0.15) is 0 Å². The molecule has 6 heteroatoms. The number of benzene rings is 1. The standard InChI is InChI=1S/C12H12F2N2O2/c13-9-4-1-7(5-10(9)14)12(18)15-6-11(17)16-8-2-3-8/h1,4-5,8H,2-3,6H2,(H,15,18)(H,16,17). The molecule has 0 spiro atoms. The van der Waals surface area contributed by atoms with Gasteiger partial charge >= 0.3 is 0 Å². The van der Waals surface area contributed by atoms with Crippen LogP contribution in [0.2, 0.25) is 0 Å². The van der Waals surface area contributed by atoms with Crippen molar-refractivity contribution in [1.82, 2.24) is 10.6 Å². The topological polar surface area (TPSA) is 58.2 Å². The van der Waals surface area contributed by atoms with Crippen LogP contribution in [-0.2, 0) is 4.79 Å². The molecule has 2 rings (SSSR count). The Kier molecular flexibility index (Phi) is 3.55. The Morgan fingerprint density at radius 1 is 1.22 bits per heavy atom. The van der Waals surface area contributed by atoms with Crippen molar-refractivity contribution in [2.24, 2.45) is 0 Å². The van der Waals surface area contributed by atoms with E-state index >= 15 is 0 Å². The highest BCUT2D eigenvalue weighted by atomic mass is 19.2. The van der Waals surface area contributed by atoms with Crippen molar-refractivity contribution in [2.45, 2.75) is 18.9 Å². The van der Waals surface area contributed by atoms with Gasteiger partial charge in [0.25, 0.3) is 5.91 Å². The van der Waals surface area contributed by atoms with Crippen LogP contribution in [0.15, 0.2) is 18.2 Å². The first-order chi connectivity index (χ1) is 8.56. The maximum absolute atomic E-state index is 12.9. The Bertz CT molecular complexity index is 487. The number of carbonyl (C=O) groups is 2. The first-order valence-corrected chi connectivity index (χ1v) is 5.59. The molecule has 0 unspecified atom stereocenters. The maximum atomic E-state index is 12.9. The summed E-state index contributed by atoms with van der Waals surface area (Å²) < 4.78 is 25.5. The van der Waals surface area contributed by atoms with Crippen LogP contribution < -0.4 is 10.6 Å². The lowest BCUT2D eigenvalue weighted by molar-refractivity contribution is -0.120. The van der Waals surface area contributed by atoms with Gasteiger partial charge in [0, 0.05) is 11.6 Å². The predicted molar refractivity (Wildman–Crippen MR) is 59.9 cm³/mol. The molecule has 0 heterocycles. The second kappa shape index (κ2) is 5.12. The van der Waals surface area contributed by atoms with Crippen molar-refractivity contribution >= 4 is 11.8 Å². The average molecular weight is 254 g/mol. The highest BCUT2D eigenvalue weighted by Gasteiger charge is 2.23.